The molecule has 1 fully saturated rings. The molecule has 0 spiro atoms. The number of rotatable bonds is 7. The maximum Gasteiger partial charge on any atom is 0.252 e. The first kappa shape index (κ1) is 21.5. The summed E-state index contributed by atoms with van der Waals surface area (Å²) in [6, 6.07) is 12.5. The van der Waals surface area contributed by atoms with E-state index in [2.05, 4.69) is 5.32 Å². The molecule has 2 aromatic carbocycles. The highest BCUT2D eigenvalue weighted by Gasteiger charge is 2.27. The lowest BCUT2D eigenvalue weighted by Crippen LogP contribution is -2.28. The molecule has 1 saturated heterocycles. The van der Waals surface area contributed by atoms with Crippen LogP contribution in [0.3, 0.4) is 0 Å². The van der Waals surface area contributed by atoms with Crippen molar-refractivity contribution >= 4 is 25.8 Å². The summed E-state index contributed by atoms with van der Waals surface area (Å²) >= 11 is 0. The number of carbonyl (C=O) groups is 1. The van der Waals surface area contributed by atoms with E-state index in [-0.39, 0.29) is 27.7 Å². The van der Waals surface area contributed by atoms with Crippen molar-refractivity contribution in [3.05, 3.63) is 59.7 Å². The molecule has 0 saturated carbocycles. The van der Waals surface area contributed by atoms with Crippen molar-refractivity contribution < 1.29 is 21.6 Å². The van der Waals surface area contributed by atoms with Gasteiger partial charge in [-0.1, -0.05) is 31.2 Å². The second-order valence-electron chi connectivity index (χ2n) is 6.84. The Bertz CT molecular complexity index is 1090. The van der Waals surface area contributed by atoms with Crippen LogP contribution >= 0.6 is 0 Å². The number of sulfonamides is 1. The van der Waals surface area contributed by atoms with Gasteiger partial charge in [0, 0.05) is 19.6 Å². The molecular formula is C20H24N2O5S2. The normalized spacial score (nSPS) is 15.3. The molecule has 1 heterocycles. The highest BCUT2D eigenvalue weighted by molar-refractivity contribution is 7.91. The van der Waals surface area contributed by atoms with Gasteiger partial charge in [0.15, 0.2) is 9.84 Å². The molecule has 0 unspecified atom stereocenters. The van der Waals surface area contributed by atoms with Crippen molar-refractivity contribution in [3.63, 3.8) is 0 Å². The van der Waals surface area contributed by atoms with E-state index >= 15 is 0 Å². The van der Waals surface area contributed by atoms with Gasteiger partial charge < -0.3 is 5.32 Å². The first-order valence-corrected chi connectivity index (χ1v) is 12.5. The number of nitrogens with zero attached hydrogens (tertiary/aromatic N) is 1. The van der Waals surface area contributed by atoms with Crippen LogP contribution in [0.2, 0.25) is 0 Å². The molecule has 1 N–H and O–H groups in total. The van der Waals surface area contributed by atoms with Crippen molar-refractivity contribution in [2.45, 2.75) is 36.1 Å². The summed E-state index contributed by atoms with van der Waals surface area (Å²) in [5.41, 5.74) is 0.817. The Labute approximate surface area is 171 Å². The maximum absolute atomic E-state index is 12.6. The Morgan fingerprint density at radius 2 is 1.59 bits per heavy atom. The van der Waals surface area contributed by atoms with Crippen molar-refractivity contribution in [3.8, 4) is 0 Å². The van der Waals surface area contributed by atoms with Gasteiger partial charge in [-0.25, -0.2) is 16.8 Å². The Morgan fingerprint density at radius 3 is 2.21 bits per heavy atom. The monoisotopic (exact) mass is 436 g/mol. The van der Waals surface area contributed by atoms with Gasteiger partial charge in [0.1, 0.15) is 0 Å². The SMILES string of the molecule is CCS(=O)(=O)c1ccccc1C(=O)NCc1ccc(S(=O)(=O)N2CCCC2)cc1. The molecule has 2 aromatic rings. The number of benzene rings is 2. The molecule has 29 heavy (non-hydrogen) atoms. The number of sulfone groups is 1. The van der Waals surface area contributed by atoms with Gasteiger partial charge >= 0.3 is 0 Å². The van der Waals surface area contributed by atoms with Crippen LogP contribution in [0.4, 0.5) is 0 Å². The highest BCUT2D eigenvalue weighted by atomic mass is 32.2. The molecule has 3 rings (SSSR count). The summed E-state index contributed by atoms with van der Waals surface area (Å²) < 4.78 is 51.0. The minimum absolute atomic E-state index is 0.00653. The first-order valence-electron chi connectivity index (χ1n) is 9.45. The van der Waals surface area contributed by atoms with Crippen molar-refractivity contribution in [1.82, 2.24) is 9.62 Å². The molecule has 0 bridgehead atoms. The molecule has 1 aliphatic heterocycles. The molecule has 7 nitrogen and oxygen atoms in total. The highest BCUT2D eigenvalue weighted by Crippen LogP contribution is 2.21. The third-order valence-corrected chi connectivity index (χ3v) is 8.63. The molecule has 0 radical (unpaired) electrons. The minimum Gasteiger partial charge on any atom is -0.348 e. The third-order valence-electron chi connectivity index (χ3n) is 4.93. The average molecular weight is 437 g/mol. The average Bonchev–Trinajstić information content (AvgIpc) is 3.28. The molecule has 9 heteroatoms. The van der Waals surface area contributed by atoms with E-state index in [1.165, 1.54) is 35.5 Å². The molecule has 0 aliphatic carbocycles. The van der Waals surface area contributed by atoms with Gasteiger partial charge in [0.25, 0.3) is 5.91 Å². The summed E-state index contributed by atoms with van der Waals surface area (Å²) in [7, 11) is -6.99. The van der Waals surface area contributed by atoms with E-state index in [0.29, 0.717) is 13.1 Å². The lowest BCUT2D eigenvalue weighted by atomic mass is 10.2. The Kier molecular flexibility index (Phi) is 6.40. The van der Waals surface area contributed by atoms with E-state index in [4.69, 9.17) is 0 Å². The zero-order valence-electron chi connectivity index (χ0n) is 16.2. The zero-order chi connectivity index (χ0) is 21.1. The zero-order valence-corrected chi connectivity index (χ0v) is 17.8. The summed E-state index contributed by atoms with van der Waals surface area (Å²) in [6.45, 7) is 2.77. The van der Waals surface area contributed by atoms with Crippen LogP contribution in [0.15, 0.2) is 58.3 Å². The lowest BCUT2D eigenvalue weighted by molar-refractivity contribution is 0.0947. The molecule has 156 valence electrons. The number of carbonyl (C=O) groups excluding carboxylic acids is 1. The molecular weight excluding hydrogens is 412 g/mol. The minimum atomic E-state index is -3.52. The summed E-state index contributed by atoms with van der Waals surface area (Å²) in [4.78, 5) is 12.8. The van der Waals surface area contributed by atoms with Gasteiger partial charge in [-0.15, -0.1) is 0 Å². The van der Waals surface area contributed by atoms with E-state index in [1.54, 1.807) is 24.3 Å². The van der Waals surface area contributed by atoms with Gasteiger partial charge in [0.05, 0.1) is 21.1 Å². The molecule has 1 aliphatic rings. The number of hydrogen-bond donors (Lipinski definition) is 1. The number of hydrogen-bond acceptors (Lipinski definition) is 5. The largest absolute Gasteiger partial charge is 0.348 e. The summed E-state index contributed by atoms with van der Waals surface area (Å²) in [5.74, 6) is -0.587. The topological polar surface area (TPSA) is 101 Å². The van der Waals surface area contributed by atoms with Gasteiger partial charge in [-0.05, 0) is 42.7 Å². The molecule has 0 atom stereocenters. The smallest absolute Gasteiger partial charge is 0.252 e. The van der Waals surface area contributed by atoms with E-state index in [0.717, 1.165) is 18.4 Å². The fourth-order valence-corrected chi connectivity index (χ4v) is 5.83. The first-order chi connectivity index (χ1) is 13.8. The van der Waals surface area contributed by atoms with Crippen LogP contribution < -0.4 is 5.32 Å². The quantitative estimate of drug-likeness (QED) is 0.717. The van der Waals surface area contributed by atoms with Gasteiger partial charge in [-0.3, -0.25) is 4.79 Å². The number of amides is 1. The van der Waals surface area contributed by atoms with E-state index < -0.39 is 25.8 Å². The Hall–Kier alpha value is -2.23. The van der Waals surface area contributed by atoms with Crippen LogP contribution in [0.1, 0.15) is 35.7 Å². The fourth-order valence-electron chi connectivity index (χ4n) is 3.22. The second-order valence-corrected chi connectivity index (χ2v) is 11.0. The van der Waals surface area contributed by atoms with Crippen molar-refractivity contribution in [2.75, 3.05) is 18.8 Å². The predicted molar refractivity (Wildman–Crippen MR) is 110 cm³/mol. The van der Waals surface area contributed by atoms with E-state index in [1.807, 2.05) is 0 Å². The summed E-state index contributed by atoms with van der Waals surface area (Å²) in [6.07, 6.45) is 1.75. The predicted octanol–water partition coefficient (Wildman–Crippen LogP) is 2.19. The van der Waals surface area contributed by atoms with Crippen molar-refractivity contribution in [1.29, 1.82) is 0 Å². The van der Waals surface area contributed by atoms with Crippen LogP contribution in [0.5, 0.6) is 0 Å². The molecule has 0 aromatic heterocycles. The number of nitrogens with one attached hydrogen (secondary N) is 1. The maximum atomic E-state index is 12.6. The van der Waals surface area contributed by atoms with Gasteiger partial charge in [-0.2, -0.15) is 4.31 Å². The standard InChI is InChI=1S/C20H24N2O5S2/c1-2-28(24,25)19-8-4-3-7-18(19)20(23)21-15-16-9-11-17(12-10-16)29(26,27)22-13-5-6-14-22/h3-4,7-12H,2,5-6,13-15H2,1H3,(H,21,23). The molecule has 1 amide bonds. The Morgan fingerprint density at radius 1 is 0.966 bits per heavy atom. The van der Waals surface area contributed by atoms with Crippen molar-refractivity contribution in [2.24, 2.45) is 0 Å². The van der Waals surface area contributed by atoms with E-state index in [9.17, 15) is 21.6 Å². The fraction of sp³-hybridized carbons (Fsp3) is 0.350. The second kappa shape index (κ2) is 8.64. The third kappa shape index (κ3) is 4.68. The van der Waals surface area contributed by atoms with Gasteiger partial charge in [0.2, 0.25) is 10.0 Å². The van der Waals surface area contributed by atoms with Crippen LogP contribution in [-0.2, 0) is 26.4 Å². The van der Waals surface area contributed by atoms with Crippen LogP contribution in [-0.4, -0.2) is 45.9 Å². The Balaban J connectivity index is 1.71. The van der Waals surface area contributed by atoms with Crippen LogP contribution in [0, 0.1) is 0 Å². The summed E-state index contributed by atoms with van der Waals surface area (Å²) in [5, 5.41) is 2.70. The lowest BCUT2D eigenvalue weighted by Gasteiger charge is -2.15. The van der Waals surface area contributed by atoms with Crippen LogP contribution in [0.25, 0.3) is 0 Å².